The van der Waals surface area contributed by atoms with Crippen LogP contribution in [0.25, 0.3) is 0 Å². The Balaban J connectivity index is 1.81. The Morgan fingerprint density at radius 2 is 1.77 bits per heavy atom. The van der Waals surface area contributed by atoms with Gasteiger partial charge in [-0.3, -0.25) is 9.59 Å². The topological polar surface area (TPSA) is 80.8 Å². The fourth-order valence-electron chi connectivity index (χ4n) is 2.85. The van der Waals surface area contributed by atoms with E-state index in [1.54, 1.807) is 4.90 Å². The Morgan fingerprint density at radius 3 is 2.35 bits per heavy atom. The fourth-order valence-corrected chi connectivity index (χ4v) is 3.58. The zero-order valence-electron chi connectivity index (χ0n) is 15.8. The van der Waals surface area contributed by atoms with E-state index in [1.807, 2.05) is 24.3 Å². The molecule has 1 aliphatic heterocycles. The normalized spacial score (nSPS) is 15.5. The smallest absolute Gasteiger partial charge is 0.223 e. The summed E-state index contributed by atoms with van der Waals surface area (Å²) in [7, 11) is -3.34. The summed E-state index contributed by atoms with van der Waals surface area (Å²) in [6.07, 6.45) is 0.953. The number of hydrogen-bond donors (Lipinski definition) is 0. The van der Waals surface area contributed by atoms with Gasteiger partial charge >= 0.3 is 0 Å². The number of rotatable bonds is 7. The van der Waals surface area contributed by atoms with Crippen LogP contribution in [0.4, 0.5) is 0 Å². The van der Waals surface area contributed by atoms with Crippen LogP contribution in [0.15, 0.2) is 24.3 Å². The predicted molar refractivity (Wildman–Crippen MR) is 100 cm³/mol. The maximum atomic E-state index is 12.1. The van der Waals surface area contributed by atoms with Crippen LogP contribution in [-0.4, -0.2) is 56.2 Å². The molecule has 2 rings (SSSR count). The van der Waals surface area contributed by atoms with Crippen LogP contribution in [0.2, 0.25) is 0 Å². The number of amides is 1. The molecule has 0 aliphatic carbocycles. The molecule has 0 saturated carbocycles. The molecule has 7 heteroatoms. The van der Waals surface area contributed by atoms with Crippen LogP contribution in [-0.2, 0) is 24.8 Å². The Kier molecular flexibility index (Phi) is 6.11. The maximum absolute atomic E-state index is 12.1. The molecule has 0 N–H and O–H groups in total. The number of para-hydroxylation sites is 1. The Hall–Kier alpha value is -1.89. The average Bonchev–Trinajstić information content (AvgIpc) is 2.45. The molecule has 1 aromatic carbocycles. The zero-order valence-corrected chi connectivity index (χ0v) is 16.6. The molecule has 1 heterocycles. The van der Waals surface area contributed by atoms with E-state index >= 15 is 0 Å². The first kappa shape index (κ1) is 20.4. The molecule has 26 heavy (non-hydrogen) atoms. The van der Waals surface area contributed by atoms with Crippen LogP contribution >= 0.6 is 0 Å². The third kappa shape index (κ3) is 5.83. The van der Waals surface area contributed by atoms with Gasteiger partial charge in [0.05, 0.1) is 13.1 Å². The maximum Gasteiger partial charge on any atom is 0.223 e. The van der Waals surface area contributed by atoms with Gasteiger partial charge in [-0.2, -0.15) is 0 Å². The molecule has 6 nitrogen and oxygen atoms in total. The van der Waals surface area contributed by atoms with Gasteiger partial charge in [0.1, 0.15) is 23.4 Å². The monoisotopic (exact) mass is 381 g/mol. The lowest BCUT2D eigenvalue weighted by atomic mass is 9.86. The van der Waals surface area contributed by atoms with Crippen molar-refractivity contribution in [3.63, 3.8) is 0 Å². The van der Waals surface area contributed by atoms with Gasteiger partial charge < -0.3 is 9.64 Å². The number of carbonyl (C=O) groups is 2. The molecule has 1 amide bonds. The van der Waals surface area contributed by atoms with Crippen molar-refractivity contribution in [2.45, 2.75) is 45.1 Å². The standard InChI is InChI=1S/C19H27NO5S/c1-19(2,3)16-7-5-6-8-17(16)25-15-11-20(12-15)18(22)10-9-14(21)13-26(4,23)24/h5-8,15H,9-13H2,1-4H3. The number of likely N-dealkylation sites (tertiary alicyclic amines) is 1. The highest BCUT2D eigenvalue weighted by molar-refractivity contribution is 7.91. The molecule has 1 fully saturated rings. The zero-order chi connectivity index (χ0) is 19.5. The molecular formula is C19H27NO5S. The molecule has 1 saturated heterocycles. The number of ketones is 1. The molecule has 0 radical (unpaired) electrons. The van der Waals surface area contributed by atoms with Gasteiger partial charge in [0.25, 0.3) is 0 Å². The quantitative estimate of drug-likeness (QED) is 0.721. The van der Waals surface area contributed by atoms with E-state index in [4.69, 9.17) is 4.74 Å². The van der Waals surface area contributed by atoms with Gasteiger partial charge in [0.2, 0.25) is 5.91 Å². The summed E-state index contributed by atoms with van der Waals surface area (Å²) in [5, 5.41) is 0. The van der Waals surface area contributed by atoms with Crippen LogP contribution < -0.4 is 4.74 Å². The first-order valence-corrected chi connectivity index (χ1v) is 10.7. The molecular weight excluding hydrogens is 354 g/mol. The third-order valence-corrected chi connectivity index (χ3v) is 5.08. The summed E-state index contributed by atoms with van der Waals surface area (Å²) in [5.74, 6) is -0.236. The minimum absolute atomic E-state index is 0.0319. The summed E-state index contributed by atoms with van der Waals surface area (Å²) < 4.78 is 28.2. The van der Waals surface area contributed by atoms with Crippen molar-refractivity contribution in [2.75, 3.05) is 25.1 Å². The molecule has 1 aromatic rings. The average molecular weight is 381 g/mol. The van der Waals surface area contributed by atoms with Gasteiger partial charge in [-0.05, 0) is 17.0 Å². The molecule has 144 valence electrons. The summed E-state index contributed by atoms with van der Waals surface area (Å²) >= 11 is 0. The molecule has 1 aliphatic rings. The van der Waals surface area contributed by atoms with Crippen molar-refractivity contribution in [2.24, 2.45) is 0 Å². The fraction of sp³-hybridized carbons (Fsp3) is 0.579. The van der Waals surface area contributed by atoms with Gasteiger partial charge in [-0.15, -0.1) is 0 Å². The number of carbonyl (C=O) groups excluding carboxylic acids is 2. The summed E-state index contributed by atoms with van der Waals surface area (Å²) in [6, 6.07) is 7.90. The van der Waals surface area contributed by atoms with E-state index in [0.29, 0.717) is 13.1 Å². The van der Waals surface area contributed by atoms with Crippen molar-refractivity contribution in [1.29, 1.82) is 0 Å². The second-order valence-corrected chi connectivity index (χ2v) is 10.0. The number of ether oxygens (including phenoxy) is 1. The van der Waals surface area contributed by atoms with Gasteiger partial charge in [-0.25, -0.2) is 8.42 Å². The second kappa shape index (κ2) is 7.78. The minimum Gasteiger partial charge on any atom is -0.486 e. The number of Topliss-reactive ketones (excluding diaryl/α,β-unsaturated/α-hetero) is 1. The highest BCUT2D eigenvalue weighted by Crippen LogP contribution is 2.32. The lowest BCUT2D eigenvalue weighted by Crippen LogP contribution is -2.56. The van der Waals surface area contributed by atoms with E-state index in [2.05, 4.69) is 20.8 Å². The summed E-state index contributed by atoms with van der Waals surface area (Å²) in [5.41, 5.74) is 1.09. The number of nitrogens with zero attached hydrogens (tertiary/aromatic N) is 1. The summed E-state index contributed by atoms with van der Waals surface area (Å²) in [6.45, 7) is 7.34. The van der Waals surface area contributed by atoms with Crippen molar-refractivity contribution >= 4 is 21.5 Å². The lowest BCUT2D eigenvalue weighted by molar-refractivity contribution is -0.141. The Morgan fingerprint density at radius 1 is 1.15 bits per heavy atom. The number of sulfone groups is 1. The second-order valence-electron chi connectivity index (χ2n) is 7.89. The van der Waals surface area contributed by atoms with Crippen molar-refractivity contribution in [3.05, 3.63) is 29.8 Å². The van der Waals surface area contributed by atoms with E-state index in [1.165, 1.54) is 0 Å². The van der Waals surface area contributed by atoms with Crippen LogP contribution in [0.1, 0.15) is 39.2 Å². The third-order valence-electron chi connectivity index (χ3n) is 4.23. The largest absolute Gasteiger partial charge is 0.486 e. The summed E-state index contributed by atoms with van der Waals surface area (Å²) in [4.78, 5) is 25.3. The molecule has 0 atom stereocenters. The molecule has 0 unspecified atom stereocenters. The van der Waals surface area contributed by atoms with Crippen LogP contribution in [0, 0.1) is 0 Å². The first-order chi connectivity index (χ1) is 12.0. The van der Waals surface area contributed by atoms with Crippen molar-refractivity contribution < 1.29 is 22.7 Å². The Bertz CT molecular complexity index is 773. The minimum atomic E-state index is -3.34. The predicted octanol–water partition coefficient (Wildman–Crippen LogP) is 1.97. The van der Waals surface area contributed by atoms with Crippen LogP contribution in [0.3, 0.4) is 0 Å². The Labute approximate surface area is 155 Å². The van der Waals surface area contributed by atoms with Gasteiger partial charge in [0, 0.05) is 19.1 Å². The highest BCUT2D eigenvalue weighted by Gasteiger charge is 2.33. The van der Waals surface area contributed by atoms with Gasteiger partial charge in [0.15, 0.2) is 9.84 Å². The van der Waals surface area contributed by atoms with Crippen LogP contribution in [0.5, 0.6) is 5.75 Å². The number of benzene rings is 1. The number of hydrogen-bond acceptors (Lipinski definition) is 5. The molecule has 0 aromatic heterocycles. The van der Waals surface area contributed by atoms with E-state index < -0.39 is 21.4 Å². The molecule has 0 bridgehead atoms. The van der Waals surface area contributed by atoms with Crippen molar-refractivity contribution in [3.8, 4) is 5.75 Å². The van der Waals surface area contributed by atoms with E-state index in [9.17, 15) is 18.0 Å². The van der Waals surface area contributed by atoms with Crippen molar-refractivity contribution in [1.82, 2.24) is 4.90 Å². The molecule has 0 spiro atoms. The SMILES string of the molecule is CC(C)(C)c1ccccc1OC1CN(C(=O)CCC(=O)CS(C)(=O)=O)C1. The first-order valence-electron chi connectivity index (χ1n) is 8.69. The van der Waals surface area contributed by atoms with Gasteiger partial charge in [-0.1, -0.05) is 39.0 Å². The lowest BCUT2D eigenvalue weighted by Gasteiger charge is -2.40. The van der Waals surface area contributed by atoms with E-state index in [-0.39, 0.29) is 30.3 Å². The highest BCUT2D eigenvalue weighted by atomic mass is 32.2. The van der Waals surface area contributed by atoms with E-state index in [0.717, 1.165) is 17.6 Å².